The summed E-state index contributed by atoms with van der Waals surface area (Å²) in [5, 5.41) is 13.5. The van der Waals surface area contributed by atoms with Gasteiger partial charge in [-0.3, -0.25) is 14.7 Å². The molecule has 1 aromatic carbocycles. The van der Waals surface area contributed by atoms with E-state index >= 15 is 0 Å². The fraction of sp³-hybridized carbons (Fsp3) is 0.143. The summed E-state index contributed by atoms with van der Waals surface area (Å²) in [7, 11) is 0. The summed E-state index contributed by atoms with van der Waals surface area (Å²) in [5.41, 5.74) is 5.33. The molecule has 29 heavy (non-hydrogen) atoms. The van der Waals surface area contributed by atoms with Crippen molar-refractivity contribution in [3.63, 3.8) is 0 Å². The van der Waals surface area contributed by atoms with E-state index in [-0.39, 0.29) is 11.7 Å². The second-order valence-electron chi connectivity index (χ2n) is 6.82. The van der Waals surface area contributed by atoms with Crippen molar-refractivity contribution in [1.29, 1.82) is 0 Å². The summed E-state index contributed by atoms with van der Waals surface area (Å²) in [5.74, 6) is -0.268. The number of ketones is 1. The molecule has 0 atom stereocenters. The second-order valence-corrected chi connectivity index (χ2v) is 6.82. The number of aromatic amines is 2. The van der Waals surface area contributed by atoms with Crippen LogP contribution in [0, 0.1) is 6.92 Å². The fourth-order valence-corrected chi connectivity index (χ4v) is 3.02. The molecule has 0 saturated heterocycles. The van der Waals surface area contributed by atoms with E-state index in [1.54, 1.807) is 18.3 Å². The number of carbonyl (C=O) groups excluding carboxylic acids is 2. The van der Waals surface area contributed by atoms with E-state index in [0.717, 1.165) is 22.2 Å². The molecule has 4 N–H and O–H groups in total. The van der Waals surface area contributed by atoms with E-state index < -0.39 is 0 Å². The summed E-state index contributed by atoms with van der Waals surface area (Å²) in [6.07, 6.45) is 3.26. The predicted molar refractivity (Wildman–Crippen MR) is 111 cm³/mol. The molecule has 1 amide bonds. The van der Waals surface area contributed by atoms with Crippen molar-refractivity contribution in [2.24, 2.45) is 0 Å². The predicted octanol–water partition coefficient (Wildman–Crippen LogP) is 3.66. The Morgan fingerprint density at radius 1 is 1.07 bits per heavy atom. The maximum absolute atomic E-state index is 12.2. The smallest absolute Gasteiger partial charge is 0.273 e. The molecule has 0 saturated carbocycles. The zero-order chi connectivity index (χ0) is 20.4. The number of rotatable bonds is 6. The molecule has 0 bridgehead atoms. The van der Waals surface area contributed by atoms with Crippen LogP contribution < -0.4 is 10.6 Å². The van der Waals surface area contributed by atoms with Gasteiger partial charge in [0.1, 0.15) is 11.3 Å². The number of H-pyrrole nitrogens is 2. The van der Waals surface area contributed by atoms with Crippen LogP contribution in [0.5, 0.6) is 0 Å². The Labute approximate surface area is 166 Å². The van der Waals surface area contributed by atoms with Gasteiger partial charge in [-0.1, -0.05) is 6.07 Å². The molecular weight excluding hydrogens is 368 g/mol. The van der Waals surface area contributed by atoms with Gasteiger partial charge in [0.25, 0.3) is 5.91 Å². The molecule has 0 fully saturated rings. The fourth-order valence-electron chi connectivity index (χ4n) is 3.02. The highest BCUT2D eigenvalue weighted by atomic mass is 16.2. The van der Waals surface area contributed by atoms with Crippen LogP contribution in [0.1, 0.15) is 39.0 Å². The minimum atomic E-state index is -0.242. The lowest BCUT2D eigenvalue weighted by molar-refractivity contribution is 0.100. The molecule has 4 rings (SSSR count). The van der Waals surface area contributed by atoms with Crippen LogP contribution in [0.3, 0.4) is 0 Å². The molecule has 0 aliphatic carbocycles. The van der Waals surface area contributed by atoms with E-state index in [1.807, 2.05) is 31.2 Å². The number of hydrogen-bond acceptors (Lipinski definition) is 5. The Bertz CT molecular complexity index is 1190. The highest BCUT2D eigenvalue weighted by Gasteiger charge is 2.09. The van der Waals surface area contributed by atoms with Crippen LogP contribution in [0.25, 0.3) is 11.0 Å². The van der Waals surface area contributed by atoms with Crippen LogP contribution in [0.15, 0.2) is 48.8 Å². The van der Waals surface area contributed by atoms with Gasteiger partial charge >= 0.3 is 0 Å². The van der Waals surface area contributed by atoms with Crippen LogP contribution in [0.4, 0.5) is 11.4 Å². The number of aromatic nitrogens is 4. The van der Waals surface area contributed by atoms with Crippen LogP contribution >= 0.6 is 0 Å². The lowest BCUT2D eigenvalue weighted by atomic mass is 10.1. The standard InChI is InChI=1S/C21H20N6O2/c1-12-3-4-16(25-21(29)18-5-6-24-27-18)8-15(12)10-22-17-7-14-9-19(13(2)28)26-20(14)23-11-17/h3-9,11,22H,10H2,1-2H3,(H,23,26)(H,24,27)(H,25,29). The Morgan fingerprint density at radius 2 is 1.93 bits per heavy atom. The van der Waals surface area contributed by atoms with E-state index in [2.05, 4.69) is 30.8 Å². The summed E-state index contributed by atoms with van der Waals surface area (Å²) < 4.78 is 0. The molecule has 8 nitrogen and oxygen atoms in total. The highest BCUT2D eigenvalue weighted by Crippen LogP contribution is 2.21. The van der Waals surface area contributed by atoms with Gasteiger partial charge < -0.3 is 15.6 Å². The van der Waals surface area contributed by atoms with Gasteiger partial charge in [-0.2, -0.15) is 5.10 Å². The first-order chi connectivity index (χ1) is 14.0. The highest BCUT2D eigenvalue weighted by molar-refractivity contribution is 6.02. The van der Waals surface area contributed by atoms with Gasteiger partial charge in [0.15, 0.2) is 5.78 Å². The molecule has 0 aliphatic rings. The summed E-state index contributed by atoms with van der Waals surface area (Å²) in [6.45, 7) is 4.10. The van der Waals surface area contributed by atoms with Gasteiger partial charge in [0, 0.05) is 30.7 Å². The zero-order valence-electron chi connectivity index (χ0n) is 16.0. The van der Waals surface area contributed by atoms with Crippen LogP contribution in [-0.2, 0) is 6.54 Å². The third kappa shape index (κ3) is 4.01. The van der Waals surface area contributed by atoms with Crippen LogP contribution in [0.2, 0.25) is 0 Å². The molecular formula is C21H20N6O2. The quantitative estimate of drug-likeness (QED) is 0.376. The topological polar surface area (TPSA) is 116 Å². The monoisotopic (exact) mass is 388 g/mol. The van der Waals surface area contributed by atoms with E-state index in [9.17, 15) is 9.59 Å². The van der Waals surface area contributed by atoms with Gasteiger partial charge in [0.05, 0.1) is 17.6 Å². The summed E-state index contributed by atoms with van der Waals surface area (Å²) in [6, 6.07) is 11.1. The number of fused-ring (bicyclic) bond motifs is 1. The first-order valence-corrected chi connectivity index (χ1v) is 9.13. The largest absolute Gasteiger partial charge is 0.380 e. The number of carbonyl (C=O) groups is 2. The first-order valence-electron chi connectivity index (χ1n) is 9.13. The van der Waals surface area contributed by atoms with Crippen molar-refractivity contribution in [2.45, 2.75) is 20.4 Å². The number of amides is 1. The Morgan fingerprint density at radius 3 is 2.69 bits per heavy atom. The minimum Gasteiger partial charge on any atom is -0.380 e. The Balaban J connectivity index is 1.48. The third-order valence-corrected chi connectivity index (χ3v) is 4.68. The van der Waals surface area contributed by atoms with Crippen molar-refractivity contribution in [2.75, 3.05) is 10.6 Å². The lowest BCUT2D eigenvalue weighted by Crippen LogP contribution is -2.13. The SMILES string of the molecule is CC(=O)c1cc2cc(NCc3cc(NC(=O)c4ccn[nH]4)ccc3C)cnc2[nH]1. The number of Topliss-reactive ketones (excluding diaryl/α,β-unsaturated/α-hetero) is 1. The van der Waals surface area contributed by atoms with E-state index in [0.29, 0.717) is 29.3 Å². The van der Waals surface area contributed by atoms with E-state index in [1.165, 1.54) is 13.1 Å². The van der Waals surface area contributed by atoms with E-state index in [4.69, 9.17) is 0 Å². The maximum Gasteiger partial charge on any atom is 0.273 e. The van der Waals surface area contributed by atoms with Crippen LogP contribution in [-0.4, -0.2) is 31.9 Å². The number of nitrogens with zero attached hydrogens (tertiary/aromatic N) is 2. The number of nitrogens with one attached hydrogen (secondary N) is 4. The van der Waals surface area contributed by atoms with Crippen molar-refractivity contribution in [3.05, 3.63) is 71.3 Å². The normalized spacial score (nSPS) is 10.8. The molecule has 0 radical (unpaired) electrons. The number of pyridine rings is 1. The van der Waals surface area contributed by atoms with Gasteiger partial charge in [-0.15, -0.1) is 0 Å². The Hall–Kier alpha value is -3.94. The van der Waals surface area contributed by atoms with Crippen molar-refractivity contribution in [3.8, 4) is 0 Å². The van der Waals surface area contributed by atoms with Crippen molar-refractivity contribution in [1.82, 2.24) is 20.2 Å². The van der Waals surface area contributed by atoms with Gasteiger partial charge in [0.2, 0.25) is 0 Å². The second kappa shape index (κ2) is 7.59. The number of hydrogen-bond donors (Lipinski definition) is 4. The Kier molecular flexibility index (Phi) is 4.82. The zero-order valence-corrected chi connectivity index (χ0v) is 16.0. The lowest BCUT2D eigenvalue weighted by Gasteiger charge is -2.12. The molecule has 3 heterocycles. The molecule has 0 unspecified atom stereocenters. The number of aryl methyl sites for hydroxylation is 1. The first kappa shape index (κ1) is 18.4. The molecule has 3 aromatic heterocycles. The van der Waals surface area contributed by atoms with Gasteiger partial charge in [-0.25, -0.2) is 4.98 Å². The number of anilines is 2. The summed E-state index contributed by atoms with van der Waals surface area (Å²) >= 11 is 0. The van der Waals surface area contributed by atoms with Gasteiger partial charge in [-0.05, 0) is 48.4 Å². The molecule has 0 spiro atoms. The average Bonchev–Trinajstić information content (AvgIpc) is 3.38. The molecule has 8 heteroatoms. The molecule has 4 aromatic rings. The maximum atomic E-state index is 12.2. The van der Waals surface area contributed by atoms with Crippen molar-refractivity contribution < 1.29 is 9.59 Å². The average molecular weight is 388 g/mol. The molecule has 0 aliphatic heterocycles. The molecule has 146 valence electrons. The van der Waals surface area contributed by atoms with Crippen molar-refractivity contribution >= 4 is 34.1 Å². The minimum absolute atomic E-state index is 0.0258. The number of benzene rings is 1. The third-order valence-electron chi connectivity index (χ3n) is 4.68. The summed E-state index contributed by atoms with van der Waals surface area (Å²) in [4.78, 5) is 31.1.